The quantitative estimate of drug-likeness (QED) is 0.0302. The van der Waals surface area contributed by atoms with Crippen LogP contribution in [-0.4, -0.2) is 411 Å². The number of methoxy groups -OCH3 is 6. The number of ether oxygens (including phenoxy) is 20. The van der Waals surface area contributed by atoms with Crippen LogP contribution in [0.15, 0.2) is 0 Å². The van der Waals surface area contributed by atoms with E-state index in [2.05, 4.69) is 242 Å². The molecular weight excluding hydrogens is 1870 g/mol. The Kier molecular flexibility index (Phi) is 41.4. The van der Waals surface area contributed by atoms with Gasteiger partial charge in [-0.05, 0) is 127 Å². The van der Waals surface area contributed by atoms with Crippen molar-refractivity contribution in [3.05, 3.63) is 0 Å². The molecule has 0 amide bonds. The standard InChI is InChI=1S/C92H186N2O34Si7/c1-86(2,3)129(28,29)108-44-51-66-58(94-43-42-93)59(95)79(115-51)123-67-52(45-109-130(30,31)87(4,5)6)117-81(74(103-23)60(67)96)125-69-54(47-111-132(34,35)89(10,11)12)119-83(76(105-25)62(69)98)127-71-56(49-113-134(38,39)91(16,17)18)121-85(78(107-27)64(71)100)128-72-57(50-114-135(40,41)92(19,20)21)120-84(77(106-26)65(72)101)126-70-55(48-112-133(36,37)90(13,14)15)118-82(75(104-24)63(70)99)124-68-53(46-110-131(32,33)88(7,8)9)116-80(122-66)73(102-22)61(68)97/h51-85,94-101H,42-50,93H2,1-41H3/t51-,52-,53+,54-,55+,56-,57+,58+,59+,60-,61+,62-,63+,64+,65+,66-,67-,68-,69-,70-,71-,72-,73-,74-,75+,76+,77-,78-,79-,80-,81-,82-,83-,84-,85-/m0/s1. The van der Waals surface area contributed by atoms with Gasteiger partial charge in [-0.3, -0.25) is 0 Å². The minimum absolute atomic E-state index is 0.0762. The SMILES string of the molecule is CO[C@@H]1[C@@H]2O[C@@H]3[C@H](O)[C@@H](OC)[C@H](O[C@@H]4[C@@H](O)[C@H](OC)[C@H](O[C@@H]5[C@@H](O)[C@H](OC)[C@H](O[C@@H]6[C@@H](O)[C@@H](OC)[C@H](O[C@@H]7[C@@H](O)[C@H](OC)[C@H](O[C@@H]8[C@H](NCCN)[C@@H](O)[C@H](O[C@H]([C@@H]1O)[C@H](CO[Si](C)(C)C(C)(C)C)O2)O[C@H]8CO[Si](C)(C)C(C)(C)C)O[C@@H]7CO[Si](C)(C)C(C)(C)C)O[C@@H]6CO[Si](C)(C)C(C)(C)C)O[C@@H]5CO[Si](C)(C)C(C)(C)C)O[C@H]4CO[Si](C)(C)C(C)(C)C)O[C@H]3CO[Si](C)(C)C(C)(C)C. The molecule has 43 heteroatoms. The summed E-state index contributed by atoms with van der Waals surface area (Å²) in [5.74, 6) is 0. The predicted molar refractivity (Wildman–Crippen MR) is 524 cm³/mol. The second-order valence-corrected chi connectivity index (χ2v) is 82.6. The molecule has 0 radical (unpaired) electrons. The van der Waals surface area contributed by atoms with Crippen molar-refractivity contribution in [2.24, 2.45) is 5.73 Å². The van der Waals surface area contributed by atoms with E-state index >= 15 is 0 Å². The van der Waals surface area contributed by atoms with E-state index in [1.165, 1.54) is 42.7 Å². The van der Waals surface area contributed by atoms with Gasteiger partial charge < -0.3 is 173 Å². The van der Waals surface area contributed by atoms with E-state index in [-0.39, 0.29) is 94.6 Å². The van der Waals surface area contributed by atoms with Gasteiger partial charge in [-0.1, -0.05) is 145 Å². The van der Waals surface area contributed by atoms with Crippen LogP contribution in [0.25, 0.3) is 0 Å². The molecule has 15 aliphatic heterocycles. The van der Waals surface area contributed by atoms with Crippen molar-refractivity contribution in [3.8, 4) is 0 Å². The highest BCUT2D eigenvalue weighted by molar-refractivity contribution is 6.76. The summed E-state index contributed by atoms with van der Waals surface area (Å²) >= 11 is 0. The maximum Gasteiger partial charge on any atom is 0.192 e. The zero-order chi connectivity index (χ0) is 102. The van der Waals surface area contributed by atoms with Gasteiger partial charge >= 0.3 is 0 Å². The number of nitrogens with one attached hydrogen (secondary N) is 1. The topological polar surface area (TPSA) is 429 Å². The van der Waals surface area contributed by atoms with Gasteiger partial charge in [0.05, 0.1) is 52.3 Å². The van der Waals surface area contributed by atoms with Crippen molar-refractivity contribution >= 4 is 58.2 Å². The summed E-state index contributed by atoms with van der Waals surface area (Å²) in [5.41, 5.74) is 6.41. The van der Waals surface area contributed by atoms with Gasteiger partial charge in [-0.25, -0.2) is 0 Å². The largest absolute Gasteiger partial charge is 0.414 e. The summed E-state index contributed by atoms with van der Waals surface area (Å²) in [7, 11) is -11.0. The summed E-state index contributed by atoms with van der Waals surface area (Å²) in [4.78, 5) is 0. The molecule has 0 aromatic carbocycles. The van der Waals surface area contributed by atoms with E-state index in [1.54, 1.807) is 0 Å². The van der Waals surface area contributed by atoms with Gasteiger partial charge in [-0.2, -0.15) is 0 Å². The normalized spacial score (nSPS) is 38.6. The first-order valence-corrected chi connectivity index (χ1v) is 69.1. The Morgan fingerprint density at radius 3 is 0.511 bits per heavy atom. The molecule has 0 spiro atoms. The van der Waals surface area contributed by atoms with Gasteiger partial charge in [0.2, 0.25) is 0 Å². The maximum absolute atomic E-state index is 13.5. The zero-order valence-electron chi connectivity index (χ0n) is 89.8. The Balaban J connectivity index is 1.39. The van der Waals surface area contributed by atoms with Crippen molar-refractivity contribution < 1.29 is 161 Å². The van der Waals surface area contributed by atoms with Crippen molar-refractivity contribution in [1.29, 1.82) is 0 Å². The fraction of sp³-hybridized carbons (Fsp3) is 1.00. The number of nitrogens with two attached hydrogens (primary N) is 1. The van der Waals surface area contributed by atoms with E-state index in [0.717, 1.165) is 0 Å². The van der Waals surface area contributed by atoms with E-state index < -0.39 is 273 Å². The van der Waals surface area contributed by atoms with E-state index in [1.807, 2.05) is 0 Å². The van der Waals surface area contributed by atoms with Gasteiger partial charge in [0.1, 0.15) is 165 Å². The first-order valence-electron chi connectivity index (χ1n) is 48.7. The van der Waals surface area contributed by atoms with Crippen LogP contribution in [0.2, 0.25) is 127 Å². The van der Waals surface area contributed by atoms with Gasteiger partial charge in [0.25, 0.3) is 0 Å². The molecule has 15 aliphatic rings. The van der Waals surface area contributed by atoms with E-state index in [9.17, 15) is 35.7 Å². The molecule has 0 saturated carbocycles. The van der Waals surface area contributed by atoms with Crippen LogP contribution in [0.4, 0.5) is 0 Å². The molecule has 15 rings (SSSR count). The monoisotopic (exact) mass is 2060 g/mol. The number of hydrogen-bond acceptors (Lipinski definition) is 36. The number of aliphatic hydroxyl groups excluding tert-OH is 7. The van der Waals surface area contributed by atoms with Crippen molar-refractivity contribution in [2.75, 3.05) is 102 Å². The molecule has 0 aliphatic carbocycles. The number of hydrogen-bond donors (Lipinski definition) is 9. The lowest BCUT2D eigenvalue weighted by Crippen LogP contribution is -2.70. The lowest BCUT2D eigenvalue weighted by atomic mass is 9.93. The predicted octanol–water partition coefficient (Wildman–Crippen LogP) is 9.46. The minimum atomic E-state index is -2.76. The van der Waals surface area contributed by atoms with Crippen LogP contribution in [-0.2, 0) is 126 Å². The third-order valence-electron chi connectivity index (χ3n) is 32.5. The average Bonchev–Trinajstić information content (AvgIpc) is 0.835. The molecule has 35 atom stereocenters. The molecular formula is C92H186N2O34Si7. The highest BCUT2D eigenvalue weighted by Crippen LogP contribution is 2.49. The van der Waals surface area contributed by atoms with Crippen LogP contribution < -0.4 is 11.1 Å². The zero-order valence-corrected chi connectivity index (χ0v) is 96.8. The summed E-state index contributed by atoms with van der Waals surface area (Å²) < 4.78 is 188. The van der Waals surface area contributed by atoms with Crippen LogP contribution in [0, 0.1) is 0 Å². The maximum atomic E-state index is 13.5. The third kappa shape index (κ3) is 28.0. The summed E-state index contributed by atoms with van der Waals surface area (Å²) in [6.07, 6.45) is -50.3. The summed E-state index contributed by atoms with van der Waals surface area (Å²) in [6.45, 7) is 71.8. The summed E-state index contributed by atoms with van der Waals surface area (Å²) in [6, 6.07) is -1.19. The van der Waals surface area contributed by atoms with Crippen LogP contribution >= 0.6 is 0 Å². The highest BCUT2D eigenvalue weighted by atomic mass is 28.4. The molecule has 796 valence electrons. The first-order chi connectivity index (χ1) is 61.7. The molecule has 15 saturated heterocycles. The molecule has 0 unspecified atom stereocenters. The molecule has 36 nitrogen and oxygen atoms in total. The third-order valence-corrected chi connectivity index (χ3v) is 64.0. The number of rotatable bonds is 30. The molecule has 0 aromatic rings. The molecule has 135 heavy (non-hydrogen) atoms. The Labute approximate surface area is 815 Å². The van der Waals surface area contributed by atoms with Crippen molar-refractivity contribution in [2.45, 2.75) is 487 Å². The lowest BCUT2D eigenvalue weighted by molar-refractivity contribution is -0.399. The van der Waals surface area contributed by atoms with Gasteiger partial charge in [0.15, 0.2) is 102 Å². The minimum Gasteiger partial charge on any atom is -0.414 e. The smallest absolute Gasteiger partial charge is 0.192 e. The van der Waals surface area contributed by atoms with Crippen LogP contribution in [0.3, 0.4) is 0 Å². The van der Waals surface area contributed by atoms with Crippen molar-refractivity contribution in [3.63, 3.8) is 0 Å². The molecule has 0 aromatic heterocycles. The first kappa shape index (κ1) is 120. The fourth-order valence-electron chi connectivity index (χ4n) is 15.8. The molecule has 15 fully saturated rings. The van der Waals surface area contributed by atoms with Gasteiger partial charge in [0, 0.05) is 55.7 Å². The highest BCUT2D eigenvalue weighted by Gasteiger charge is 2.64. The number of fused-ring (bicyclic) bond motifs is 7. The molecule has 10 N–H and O–H groups in total. The number of aliphatic hydroxyl groups is 7. The lowest BCUT2D eigenvalue weighted by Gasteiger charge is -2.52. The van der Waals surface area contributed by atoms with E-state index in [0.29, 0.717) is 0 Å². The molecule has 14 bridgehead atoms. The van der Waals surface area contributed by atoms with Crippen LogP contribution in [0.5, 0.6) is 0 Å². The average molecular weight is 2060 g/mol. The summed E-state index contributed by atoms with van der Waals surface area (Å²) in [5, 5.41) is 95.1. The van der Waals surface area contributed by atoms with Crippen LogP contribution in [0.1, 0.15) is 145 Å². The Hall–Kier alpha value is 0.0782. The Morgan fingerprint density at radius 2 is 0.363 bits per heavy atom. The van der Waals surface area contributed by atoms with E-state index in [4.69, 9.17) is 131 Å². The van der Waals surface area contributed by atoms with Crippen molar-refractivity contribution in [1.82, 2.24) is 5.32 Å². The second kappa shape index (κ2) is 46.5. The fourth-order valence-corrected chi connectivity index (χ4v) is 22.9. The Morgan fingerprint density at radius 1 is 0.222 bits per heavy atom. The molecule has 15 heterocycles. The second-order valence-electron chi connectivity index (χ2n) is 48.9. The van der Waals surface area contributed by atoms with Gasteiger partial charge in [-0.15, -0.1) is 0 Å². The Bertz CT molecular complexity index is 3550.